The predicted octanol–water partition coefficient (Wildman–Crippen LogP) is 4.70. The summed E-state index contributed by atoms with van der Waals surface area (Å²) in [4.78, 5) is 30.9. The zero-order valence-electron chi connectivity index (χ0n) is 19.0. The van der Waals surface area contributed by atoms with Crippen molar-refractivity contribution in [2.24, 2.45) is 7.05 Å². The molecular weight excluding hydrogens is 454 g/mol. The quantitative estimate of drug-likeness (QED) is 0.307. The number of carbonyl (C=O) groups excluding carboxylic acids is 1. The SMILES string of the molecule is COc1ccc(CNC(=O)CSc2nc3scc(-c4ccc(C)c(C)c4)c3c(=O)n2C)cc1. The minimum atomic E-state index is -0.118. The third-order valence-corrected chi connectivity index (χ3v) is 7.48. The average molecular weight is 480 g/mol. The Hall–Kier alpha value is -3.10. The molecule has 8 heteroatoms. The summed E-state index contributed by atoms with van der Waals surface area (Å²) < 4.78 is 6.67. The van der Waals surface area contributed by atoms with Gasteiger partial charge >= 0.3 is 0 Å². The normalized spacial score (nSPS) is 11.0. The van der Waals surface area contributed by atoms with Gasteiger partial charge in [-0.25, -0.2) is 4.98 Å². The number of methoxy groups -OCH3 is 1. The Kier molecular flexibility index (Phi) is 6.85. The van der Waals surface area contributed by atoms with Crippen molar-refractivity contribution in [2.45, 2.75) is 25.5 Å². The maximum absolute atomic E-state index is 13.2. The summed E-state index contributed by atoms with van der Waals surface area (Å²) in [5, 5.41) is 6.04. The molecule has 0 spiro atoms. The fourth-order valence-electron chi connectivity index (χ4n) is 3.43. The highest BCUT2D eigenvalue weighted by Crippen LogP contribution is 2.33. The Balaban J connectivity index is 1.48. The molecule has 33 heavy (non-hydrogen) atoms. The van der Waals surface area contributed by atoms with Crippen LogP contribution >= 0.6 is 23.1 Å². The van der Waals surface area contributed by atoms with Gasteiger partial charge in [-0.1, -0.05) is 42.1 Å². The molecule has 2 aromatic carbocycles. The Bertz CT molecular complexity index is 1370. The topological polar surface area (TPSA) is 73.2 Å². The first-order valence-electron chi connectivity index (χ1n) is 10.5. The smallest absolute Gasteiger partial charge is 0.263 e. The highest BCUT2D eigenvalue weighted by atomic mass is 32.2. The molecule has 0 bridgehead atoms. The third-order valence-electron chi connectivity index (χ3n) is 5.57. The summed E-state index contributed by atoms with van der Waals surface area (Å²) in [5.74, 6) is 0.835. The average Bonchev–Trinajstić information content (AvgIpc) is 3.25. The standard InChI is InChI=1S/C25H25N3O3S2/c1-15-5-8-18(11-16(15)2)20-13-32-23-22(20)24(30)28(3)25(27-23)33-14-21(29)26-12-17-6-9-19(31-4)10-7-17/h5-11,13H,12,14H2,1-4H3,(H,26,29). The van der Waals surface area contributed by atoms with Crippen LogP contribution in [0.4, 0.5) is 0 Å². The van der Waals surface area contributed by atoms with Gasteiger partial charge in [-0.3, -0.25) is 14.2 Å². The molecule has 1 N–H and O–H groups in total. The van der Waals surface area contributed by atoms with E-state index in [-0.39, 0.29) is 17.2 Å². The molecule has 0 atom stereocenters. The van der Waals surface area contributed by atoms with Gasteiger partial charge in [0.15, 0.2) is 5.16 Å². The zero-order valence-corrected chi connectivity index (χ0v) is 20.6. The van der Waals surface area contributed by atoms with Crippen LogP contribution in [-0.4, -0.2) is 28.3 Å². The number of amides is 1. The lowest BCUT2D eigenvalue weighted by molar-refractivity contribution is -0.118. The van der Waals surface area contributed by atoms with Crippen molar-refractivity contribution in [3.05, 3.63) is 74.9 Å². The molecule has 6 nitrogen and oxygen atoms in total. The number of aromatic nitrogens is 2. The number of thiophene rings is 1. The van der Waals surface area contributed by atoms with E-state index < -0.39 is 0 Å². The van der Waals surface area contributed by atoms with Gasteiger partial charge in [0.2, 0.25) is 5.91 Å². The largest absolute Gasteiger partial charge is 0.497 e. The number of nitrogens with zero attached hydrogens (tertiary/aromatic N) is 2. The molecule has 0 aliphatic rings. The van der Waals surface area contributed by atoms with Crippen LogP contribution in [0.25, 0.3) is 21.3 Å². The minimum Gasteiger partial charge on any atom is -0.497 e. The summed E-state index contributed by atoms with van der Waals surface area (Å²) in [6.45, 7) is 4.57. The molecule has 2 heterocycles. The molecule has 4 rings (SSSR count). The first kappa shape index (κ1) is 23.1. The van der Waals surface area contributed by atoms with Crippen molar-refractivity contribution in [1.82, 2.24) is 14.9 Å². The van der Waals surface area contributed by atoms with Crippen molar-refractivity contribution in [1.29, 1.82) is 0 Å². The number of aryl methyl sites for hydroxylation is 2. The van der Waals surface area contributed by atoms with E-state index in [1.165, 1.54) is 38.8 Å². The van der Waals surface area contributed by atoms with Crippen LogP contribution in [0.2, 0.25) is 0 Å². The number of fused-ring (bicyclic) bond motifs is 1. The van der Waals surface area contributed by atoms with Crippen LogP contribution < -0.4 is 15.6 Å². The molecule has 0 saturated carbocycles. The Morgan fingerprint density at radius 2 is 1.91 bits per heavy atom. The number of hydrogen-bond acceptors (Lipinski definition) is 6. The number of hydrogen-bond donors (Lipinski definition) is 1. The van der Waals surface area contributed by atoms with E-state index in [0.717, 1.165) is 22.4 Å². The van der Waals surface area contributed by atoms with E-state index in [2.05, 4.69) is 36.3 Å². The van der Waals surface area contributed by atoms with E-state index in [0.29, 0.717) is 21.9 Å². The second-order valence-electron chi connectivity index (χ2n) is 7.80. The van der Waals surface area contributed by atoms with Crippen molar-refractivity contribution in [2.75, 3.05) is 12.9 Å². The predicted molar refractivity (Wildman–Crippen MR) is 135 cm³/mol. The molecule has 1 amide bonds. The number of nitrogens with one attached hydrogen (secondary N) is 1. The van der Waals surface area contributed by atoms with Gasteiger partial charge in [-0.2, -0.15) is 0 Å². The molecule has 0 aliphatic heterocycles. The first-order chi connectivity index (χ1) is 15.9. The number of thioether (sulfide) groups is 1. The second-order valence-corrected chi connectivity index (χ2v) is 9.60. The summed E-state index contributed by atoms with van der Waals surface area (Å²) in [6, 6.07) is 13.8. The maximum atomic E-state index is 13.2. The molecular formula is C25H25N3O3S2. The second kappa shape index (κ2) is 9.80. The fourth-order valence-corrected chi connectivity index (χ4v) is 5.22. The van der Waals surface area contributed by atoms with Crippen LogP contribution in [0, 0.1) is 13.8 Å². The zero-order chi connectivity index (χ0) is 23.5. The third kappa shape index (κ3) is 4.96. The fraction of sp³-hybridized carbons (Fsp3) is 0.240. The van der Waals surface area contributed by atoms with E-state index in [1.54, 1.807) is 14.2 Å². The van der Waals surface area contributed by atoms with Gasteiger partial charge in [0.05, 0.1) is 18.2 Å². The van der Waals surface area contributed by atoms with Crippen LogP contribution in [0.5, 0.6) is 5.75 Å². The van der Waals surface area contributed by atoms with Gasteiger partial charge in [0.1, 0.15) is 10.6 Å². The minimum absolute atomic E-state index is 0.101. The molecule has 0 radical (unpaired) electrons. The van der Waals surface area contributed by atoms with Crippen LogP contribution in [0.3, 0.4) is 0 Å². The Labute approximate surface area is 200 Å². The first-order valence-corrected chi connectivity index (χ1v) is 12.3. The van der Waals surface area contributed by atoms with Gasteiger partial charge in [-0.15, -0.1) is 11.3 Å². The summed E-state index contributed by atoms with van der Waals surface area (Å²) >= 11 is 2.71. The number of rotatable bonds is 7. The summed E-state index contributed by atoms with van der Waals surface area (Å²) in [6.07, 6.45) is 0. The molecule has 0 unspecified atom stereocenters. The molecule has 0 fully saturated rings. The van der Waals surface area contributed by atoms with Crippen molar-refractivity contribution < 1.29 is 9.53 Å². The van der Waals surface area contributed by atoms with Crippen molar-refractivity contribution in [3.8, 4) is 16.9 Å². The van der Waals surface area contributed by atoms with Crippen molar-refractivity contribution >= 4 is 39.2 Å². The molecule has 0 saturated heterocycles. The van der Waals surface area contributed by atoms with Gasteiger partial charge in [-0.05, 0) is 48.2 Å². The Morgan fingerprint density at radius 3 is 2.61 bits per heavy atom. The lowest BCUT2D eigenvalue weighted by Crippen LogP contribution is -2.25. The van der Waals surface area contributed by atoms with Crippen LogP contribution in [-0.2, 0) is 18.4 Å². The summed E-state index contributed by atoms with van der Waals surface area (Å²) in [5.41, 5.74) is 5.20. The lowest BCUT2D eigenvalue weighted by Gasteiger charge is -2.09. The van der Waals surface area contributed by atoms with Crippen LogP contribution in [0.1, 0.15) is 16.7 Å². The number of ether oxygens (including phenoxy) is 1. The molecule has 0 aliphatic carbocycles. The van der Waals surface area contributed by atoms with E-state index in [9.17, 15) is 9.59 Å². The van der Waals surface area contributed by atoms with E-state index in [1.807, 2.05) is 35.7 Å². The molecule has 2 aromatic heterocycles. The Morgan fingerprint density at radius 1 is 1.15 bits per heavy atom. The monoisotopic (exact) mass is 479 g/mol. The van der Waals surface area contributed by atoms with Gasteiger partial charge in [0.25, 0.3) is 5.56 Å². The number of benzene rings is 2. The molecule has 4 aromatic rings. The maximum Gasteiger partial charge on any atom is 0.263 e. The highest BCUT2D eigenvalue weighted by molar-refractivity contribution is 7.99. The van der Waals surface area contributed by atoms with Crippen molar-refractivity contribution in [3.63, 3.8) is 0 Å². The highest BCUT2D eigenvalue weighted by Gasteiger charge is 2.17. The van der Waals surface area contributed by atoms with E-state index in [4.69, 9.17) is 4.74 Å². The molecule has 170 valence electrons. The lowest BCUT2D eigenvalue weighted by atomic mass is 10.0. The summed E-state index contributed by atoms with van der Waals surface area (Å²) in [7, 11) is 3.32. The van der Waals surface area contributed by atoms with Crippen LogP contribution in [0.15, 0.2) is 57.8 Å². The van der Waals surface area contributed by atoms with E-state index >= 15 is 0 Å². The number of carbonyl (C=O) groups is 1. The van der Waals surface area contributed by atoms with Gasteiger partial charge < -0.3 is 10.1 Å². The van der Waals surface area contributed by atoms with Gasteiger partial charge in [0, 0.05) is 24.5 Å².